The Hall–Kier alpha value is -2.86. The van der Waals surface area contributed by atoms with E-state index in [1.165, 1.54) is 34.2 Å². The lowest BCUT2D eigenvalue weighted by molar-refractivity contribution is 0.368. The molecule has 0 nitrogen and oxygen atoms in total. The van der Waals surface area contributed by atoms with Crippen molar-refractivity contribution < 1.29 is 0 Å². The van der Waals surface area contributed by atoms with E-state index in [2.05, 4.69) is 99.6 Å². The number of fused-ring (bicyclic) bond motifs is 3. The zero-order valence-corrected chi connectivity index (χ0v) is 18.1. The van der Waals surface area contributed by atoms with E-state index < -0.39 is 0 Å². The normalized spacial score (nSPS) is 23.2. The SMILES string of the molecule is CC1(C)CC(C)(c2cccc3c2Cc2ccccc2-3)C2=C1C=C(c1ccccc1)C2. The molecule has 30 heavy (non-hydrogen) atoms. The highest BCUT2D eigenvalue weighted by molar-refractivity contribution is 5.81. The smallest absolute Gasteiger partial charge is 0.0154 e. The Labute approximate surface area is 180 Å². The van der Waals surface area contributed by atoms with Crippen LogP contribution in [0, 0.1) is 5.41 Å². The van der Waals surface area contributed by atoms with E-state index in [0.717, 1.165) is 12.8 Å². The van der Waals surface area contributed by atoms with E-state index in [1.54, 1.807) is 22.3 Å². The first-order valence-electron chi connectivity index (χ1n) is 11.2. The van der Waals surface area contributed by atoms with E-state index in [-0.39, 0.29) is 10.8 Å². The zero-order valence-electron chi connectivity index (χ0n) is 18.1. The van der Waals surface area contributed by atoms with E-state index in [0.29, 0.717) is 0 Å². The molecule has 1 atom stereocenters. The van der Waals surface area contributed by atoms with Gasteiger partial charge in [0, 0.05) is 5.41 Å². The van der Waals surface area contributed by atoms with Gasteiger partial charge in [-0.25, -0.2) is 0 Å². The number of rotatable bonds is 2. The maximum atomic E-state index is 2.51. The molecule has 0 saturated carbocycles. The summed E-state index contributed by atoms with van der Waals surface area (Å²) < 4.78 is 0. The van der Waals surface area contributed by atoms with Gasteiger partial charge in [-0.3, -0.25) is 0 Å². The van der Waals surface area contributed by atoms with Crippen molar-refractivity contribution in [2.45, 2.75) is 45.4 Å². The highest BCUT2D eigenvalue weighted by Crippen LogP contribution is 2.61. The van der Waals surface area contributed by atoms with Crippen molar-refractivity contribution in [1.82, 2.24) is 0 Å². The van der Waals surface area contributed by atoms with Crippen LogP contribution >= 0.6 is 0 Å². The topological polar surface area (TPSA) is 0 Å². The minimum Gasteiger partial charge on any atom is -0.0622 e. The van der Waals surface area contributed by atoms with Crippen molar-refractivity contribution in [3.8, 4) is 11.1 Å². The van der Waals surface area contributed by atoms with Gasteiger partial charge in [0.25, 0.3) is 0 Å². The molecule has 3 aromatic carbocycles. The molecule has 0 aliphatic heterocycles. The molecule has 3 aromatic rings. The summed E-state index contributed by atoms with van der Waals surface area (Å²) >= 11 is 0. The van der Waals surface area contributed by atoms with Crippen molar-refractivity contribution in [2.75, 3.05) is 0 Å². The summed E-state index contributed by atoms with van der Waals surface area (Å²) in [5.74, 6) is 0. The summed E-state index contributed by atoms with van der Waals surface area (Å²) in [6.07, 6.45) is 5.85. The second kappa shape index (κ2) is 6.08. The van der Waals surface area contributed by atoms with Crippen molar-refractivity contribution in [2.24, 2.45) is 5.41 Å². The minimum absolute atomic E-state index is 0.0965. The fourth-order valence-corrected chi connectivity index (χ4v) is 6.55. The maximum Gasteiger partial charge on any atom is 0.0154 e. The average Bonchev–Trinajstić information content (AvgIpc) is 3.41. The molecule has 0 heteroatoms. The number of benzene rings is 3. The Morgan fingerprint density at radius 1 is 0.700 bits per heavy atom. The van der Waals surface area contributed by atoms with Gasteiger partial charge in [-0.05, 0) is 69.2 Å². The number of allylic oxidation sites excluding steroid dienone is 4. The van der Waals surface area contributed by atoms with Crippen LogP contribution in [-0.4, -0.2) is 0 Å². The summed E-state index contributed by atoms with van der Waals surface area (Å²) in [5.41, 5.74) is 13.8. The standard InChI is InChI=1S/C30H28/c1-29(2)19-30(3,28-18-22(17-27(28)29)20-10-5-4-6-11-20)26-15-9-14-24-23-13-8-7-12-21(23)16-25(24)26/h4-15,17H,16,18-19H2,1-3H3. The Morgan fingerprint density at radius 3 is 2.27 bits per heavy atom. The quantitative estimate of drug-likeness (QED) is 0.329. The summed E-state index contributed by atoms with van der Waals surface area (Å²) in [5, 5.41) is 0. The van der Waals surface area contributed by atoms with Crippen LogP contribution in [0.2, 0.25) is 0 Å². The van der Waals surface area contributed by atoms with Gasteiger partial charge in [0.2, 0.25) is 0 Å². The first kappa shape index (κ1) is 18.0. The molecule has 148 valence electrons. The van der Waals surface area contributed by atoms with Gasteiger partial charge in [-0.1, -0.05) is 105 Å². The van der Waals surface area contributed by atoms with Crippen LogP contribution in [0.1, 0.15) is 55.9 Å². The molecular formula is C30H28. The van der Waals surface area contributed by atoms with Gasteiger partial charge in [-0.15, -0.1) is 0 Å². The van der Waals surface area contributed by atoms with E-state index >= 15 is 0 Å². The molecule has 6 rings (SSSR count). The van der Waals surface area contributed by atoms with Gasteiger partial charge in [0.1, 0.15) is 0 Å². The van der Waals surface area contributed by atoms with Crippen molar-refractivity contribution in [3.05, 3.63) is 112 Å². The third-order valence-electron chi connectivity index (χ3n) is 7.79. The van der Waals surface area contributed by atoms with Gasteiger partial charge < -0.3 is 0 Å². The average molecular weight is 389 g/mol. The van der Waals surface area contributed by atoms with Crippen LogP contribution in [0.3, 0.4) is 0 Å². The minimum atomic E-state index is 0.0965. The first-order valence-corrected chi connectivity index (χ1v) is 11.2. The molecule has 1 unspecified atom stereocenters. The third kappa shape index (κ3) is 2.40. The van der Waals surface area contributed by atoms with Crippen LogP contribution in [0.5, 0.6) is 0 Å². The van der Waals surface area contributed by atoms with Gasteiger partial charge >= 0.3 is 0 Å². The van der Waals surface area contributed by atoms with Gasteiger partial charge in [0.05, 0.1) is 0 Å². The largest absolute Gasteiger partial charge is 0.0622 e. The Morgan fingerprint density at radius 2 is 1.43 bits per heavy atom. The second-order valence-corrected chi connectivity index (χ2v) is 10.2. The zero-order chi connectivity index (χ0) is 20.5. The van der Waals surface area contributed by atoms with Crippen molar-refractivity contribution in [1.29, 1.82) is 0 Å². The van der Waals surface area contributed by atoms with E-state index in [4.69, 9.17) is 0 Å². The second-order valence-electron chi connectivity index (χ2n) is 10.2. The highest BCUT2D eigenvalue weighted by Gasteiger charge is 2.49. The fourth-order valence-electron chi connectivity index (χ4n) is 6.55. The molecule has 3 aliphatic carbocycles. The highest BCUT2D eigenvalue weighted by atomic mass is 14.5. The lowest BCUT2D eigenvalue weighted by atomic mass is 9.69. The first-order chi connectivity index (χ1) is 14.5. The lowest BCUT2D eigenvalue weighted by Gasteiger charge is -2.34. The third-order valence-corrected chi connectivity index (χ3v) is 7.79. The molecule has 0 bridgehead atoms. The Bertz CT molecular complexity index is 1240. The van der Waals surface area contributed by atoms with Crippen LogP contribution in [0.15, 0.2) is 90.0 Å². The van der Waals surface area contributed by atoms with Crippen LogP contribution in [0.4, 0.5) is 0 Å². The molecule has 3 aliphatic rings. The maximum absolute atomic E-state index is 2.51. The molecule has 0 heterocycles. The van der Waals surface area contributed by atoms with Gasteiger partial charge in [0.15, 0.2) is 0 Å². The monoisotopic (exact) mass is 388 g/mol. The number of hydrogen-bond donors (Lipinski definition) is 0. The molecular weight excluding hydrogens is 360 g/mol. The molecule has 0 radical (unpaired) electrons. The lowest BCUT2D eigenvalue weighted by Crippen LogP contribution is -2.26. The summed E-state index contributed by atoms with van der Waals surface area (Å²) in [6.45, 7) is 7.39. The van der Waals surface area contributed by atoms with Crippen LogP contribution < -0.4 is 0 Å². The van der Waals surface area contributed by atoms with Crippen molar-refractivity contribution >= 4 is 5.57 Å². The Balaban J connectivity index is 1.47. The van der Waals surface area contributed by atoms with E-state index in [1.807, 2.05) is 0 Å². The summed E-state index contributed by atoms with van der Waals surface area (Å²) in [4.78, 5) is 0. The summed E-state index contributed by atoms with van der Waals surface area (Å²) in [6, 6.07) is 26.9. The predicted molar refractivity (Wildman–Crippen MR) is 126 cm³/mol. The molecule has 0 spiro atoms. The molecule has 0 saturated heterocycles. The van der Waals surface area contributed by atoms with Gasteiger partial charge in [-0.2, -0.15) is 0 Å². The van der Waals surface area contributed by atoms with Crippen molar-refractivity contribution in [3.63, 3.8) is 0 Å². The molecule has 0 N–H and O–H groups in total. The number of hydrogen-bond acceptors (Lipinski definition) is 0. The molecule has 0 fully saturated rings. The molecule has 0 aromatic heterocycles. The van der Waals surface area contributed by atoms with Crippen LogP contribution in [0.25, 0.3) is 16.7 Å². The summed E-state index contributed by atoms with van der Waals surface area (Å²) in [7, 11) is 0. The fraction of sp³-hybridized carbons (Fsp3) is 0.267. The Kier molecular flexibility index (Phi) is 3.64. The predicted octanol–water partition coefficient (Wildman–Crippen LogP) is 7.73. The van der Waals surface area contributed by atoms with E-state index in [9.17, 15) is 0 Å². The van der Waals surface area contributed by atoms with Crippen LogP contribution in [-0.2, 0) is 11.8 Å². The molecule has 0 amide bonds.